The van der Waals surface area contributed by atoms with Gasteiger partial charge in [0, 0.05) is 13.2 Å². The highest BCUT2D eigenvalue weighted by Gasteiger charge is 2.36. The molecule has 0 aliphatic carbocycles. The Kier molecular flexibility index (Phi) is 5.57. The summed E-state index contributed by atoms with van der Waals surface area (Å²) >= 11 is 1.67. The summed E-state index contributed by atoms with van der Waals surface area (Å²) < 4.78 is 5.54. The fraction of sp³-hybridized carbons (Fsp3) is 0.667. The quantitative estimate of drug-likeness (QED) is 0.787. The number of rotatable bonds is 7. The van der Waals surface area contributed by atoms with E-state index in [1.807, 2.05) is 25.7 Å². The summed E-state index contributed by atoms with van der Waals surface area (Å²) in [5, 5.41) is 7.53. The van der Waals surface area contributed by atoms with Gasteiger partial charge in [0.15, 0.2) is 0 Å². The molecule has 0 radical (unpaired) electrons. The molecule has 2 atom stereocenters. The maximum atomic E-state index is 12.2. The lowest BCUT2D eigenvalue weighted by molar-refractivity contribution is -0.129. The fourth-order valence-electron chi connectivity index (χ4n) is 2.42. The zero-order chi connectivity index (χ0) is 14.5. The van der Waals surface area contributed by atoms with Crippen LogP contribution in [0.2, 0.25) is 0 Å². The summed E-state index contributed by atoms with van der Waals surface area (Å²) in [6.45, 7) is 7.58. The number of ether oxygens (including phenoxy) is 1. The third kappa shape index (κ3) is 3.81. The van der Waals surface area contributed by atoms with Crippen molar-refractivity contribution < 1.29 is 9.53 Å². The average Bonchev–Trinajstić information content (AvgIpc) is 3.01. The topological polar surface area (TPSA) is 41.6 Å². The third-order valence-corrected chi connectivity index (χ3v) is 4.18. The van der Waals surface area contributed by atoms with Crippen molar-refractivity contribution in [2.45, 2.75) is 51.9 Å². The second-order valence-electron chi connectivity index (χ2n) is 5.51. The maximum Gasteiger partial charge on any atom is 0.241 e. The van der Waals surface area contributed by atoms with Gasteiger partial charge in [-0.3, -0.25) is 10.1 Å². The molecule has 4 nitrogen and oxygen atoms in total. The Morgan fingerprint density at radius 1 is 1.45 bits per heavy atom. The normalized spacial score (nSPS) is 23.0. The molecular formula is C15H24N2O2S. The van der Waals surface area contributed by atoms with E-state index in [-0.39, 0.29) is 24.2 Å². The van der Waals surface area contributed by atoms with Crippen LogP contribution in [0.3, 0.4) is 0 Å². The molecule has 2 heterocycles. The minimum absolute atomic E-state index is 0.0368. The van der Waals surface area contributed by atoms with E-state index in [4.69, 9.17) is 4.74 Å². The van der Waals surface area contributed by atoms with Gasteiger partial charge in [0.2, 0.25) is 5.91 Å². The van der Waals surface area contributed by atoms with E-state index in [0.29, 0.717) is 0 Å². The SMILES string of the molecule is CC(C)OCCCCN1C(=O)C(C)NC1c1ccsc1. The van der Waals surface area contributed by atoms with Crippen molar-refractivity contribution >= 4 is 17.2 Å². The van der Waals surface area contributed by atoms with Gasteiger partial charge in [-0.15, -0.1) is 0 Å². The predicted octanol–water partition coefficient (Wildman–Crippen LogP) is 2.77. The smallest absolute Gasteiger partial charge is 0.241 e. The maximum absolute atomic E-state index is 12.2. The summed E-state index contributed by atoms with van der Waals surface area (Å²) in [5.74, 6) is 0.200. The molecular weight excluding hydrogens is 272 g/mol. The Labute approximate surface area is 125 Å². The Morgan fingerprint density at radius 3 is 2.90 bits per heavy atom. The molecule has 0 bridgehead atoms. The van der Waals surface area contributed by atoms with Gasteiger partial charge in [0.1, 0.15) is 6.17 Å². The van der Waals surface area contributed by atoms with Crippen molar-refractivity contribution in [3.63, 3.8) is 0 Å². The van der Waals surface area contributed by atoms with Gasteiger partial charge >= 0.3 is 0 Å². The predicted molar refractivity (Wildman–Crippen MR) is 81.7 cm³/mol. The molecule has 0 aromatic carbocycles. The molecule has 1 aliphatic heterocycles. The Balaban J connectivity index is 1.85. The number of hydrogen-bond acceptors (Lipinski definition) is 4. The van der Waals surface area contributed by atoms with Crippen molar-refractivity contribution in [3.05, 3.63) is 22.4 Å². The molecule has 2 unspecified atom stereocenters. The first-order chi connectivity index (χ1) is 9.59. The molecule has 1 aromatic rings. The van der Waals surface area contributed by atoms with Crippen molar-refractivity contribution in [2.24, 2.45) is 0 Å². The first-order valence-electron chi connectivity index (χ1n) is 7.30. The second-order valence-corrected chi connectivity index (χ2v) is 6.29. The highest BCUT2D eigenvalue weighted by atomic mass is 32.1. The van der Waals surface area contributed by atoms with Crippen LogP contribution in [0.4, 0.5) is 0 Å². The standard InChI is InChI=1S/C15H24N2O2S/c1-11(2)19-8-5-4-7-17-14(13-6-9-20-10-13)16-12(3)15(17)18/h6,9-12,14,16H,4-5,7-8H2,1-3H3. The molecule has 1 aliphatic rings. The number of nitrogens with one attached hydrogen (secondary N) is 1. The molecule has 1 saturated heterocycles. The highest BCUT2D eigenvalue weighted by Crippen LogP contribution is 2.27. The largest absolute Gasteiger partial charge is 0.379 e. The Bertz CT molecular complexity index is 420. The number of carbonyl (C=O) groups is 1. The minimum atomic E-state index is -0.0909. The monoisotopic (exact) mass is 296 g/mol. The van der Waals surface area contributed by atoms with E-state index in [2.05, 4.69) is 22.1 Å². The van der Waals surface area contributed by atoms with Crippen molar-refractivity contribution in [3.8, 4) is 0 Å². The van der Waals surface area contributed by atoms with Crippen LogP contribution < -0.4 is 5.32 Å². The third-order valence-electron chi connectivity index (χ3n) is 3.48. The van der Waals surface area contributed by atoms with Gasteiger partial charge in [0.05, 0.1) is 12.1 Å². The van der Waals surface area contributed by atoms with Crippen LogP contribution in [-0.2, 0) is 9.53 Å². The van der Waals surface area contributed by atoms with Crippen LogP contribution in [0.5, 0.6) is 0 Å². The minimum Gasteiger partial charge on any atom is -0.379 e. The van der Waals surface area contributed by atoms with Crippen LogP contribution in [0.1, 0.15) is 45.3 Å². The lowest BCUT2D eigenvalue weighted by Crippen LogP contribution is -2.31. The first-order valence-corrected chi connectivity index (χ1v) is 8.24. The van der Waals surface area contributed by atoms with Gasteiger partial charge in [-0.2, -0.15) is 11.3 Å². The molecule has 20 heavy (non-hydrogen) atoms. The molecule has 1 N–H and O–H groups in total. The number of amides is 1. The summed E-state index contributed by atoms with van der Waals surface area (Å²) in [6.07, 6.45) is 2.29. The molecule has 1 aromatic heterocycles. The zero-order valence-electron chi connectivity index (χ0n) is 12.5. The molecule has 0 saturated carbocycles. The first kappa shape index (κ1) is 15.5. The lowest BCUT2D eigenvalue weighted by atomic mass is 10.2. The molecule has 112 valence electrons. The fourth-order valence-corrected chi connectivity index (χ4v) is 3.10. The molecule has 0 spiro atoms. The lowest BCUT2D eigenvalue weighted by Gasteiger charge is -2.23. The zero-order valence-corrected chi connectivity index (χ0v) is 13.3. The van der Waals surface area contributed by atoms with E-state index in [1.165, 1.54) is 5.56 Å². The number of unbranched alkanes of at least 4 members (excludes halogenated alkanes) is 1. The number of carbonyl (C=O) groups excluding carboxylic acids is 1. The van der Waals surface area contributed by atoms with E-state index in [0.717, 1.165) is 26.0 Å². The molecule has 1 amide bonds. The summed E-state index contributed by atoms with van der Waals surface area (Å²) in [6, 6.07) is 1.99. The van der Waals surface area contributed by atoms with Gasteiger partial charge in [0.25, 0.3) is 0 Å². The molecule has 1 fully saturated rings. The van der Waals surface area contributed by atoms with Crippen molar-refractivity contribution in [2.75, 3.05) is 13.2 Å². The van der Waals surface area contributed by atoms with E-state index >= 15 is 0 Å². The van der Waals surface area contributed by atoms with Crippen LogP contribution in [-0.4, -0.2) is 36.1 Å². The van der Waals surface area contributed by atoms with Gasteiger partial charge in [-0.25, -0.2) is 0 Å². The number of hydrogen-bond donors (Lipinski definition) is 1. The van der Waals surface area contributed by atoms with E-state index in [1.54, 1.807) is 11.3 Å². The average molecular weight is 296 g/mol. The van der Waals surface area contributed by atoms with Crippen LogP contribution in [0.25, 0.3) is 0 Å². The number of nitrogens with zero attached hydrogens (tertiary/aromatic N) is 1. The Morgan fingerprint density at radius 2 is 2.25 bits per heavy atom. The van der Waals surface area contributed by atoms with Crippen molar-refractivity contribution in [1.29, 1.82) is 0 Å². The van der Waals surface area contributed by atoms with Gasteiger partial charge in [-0.05, 0) is 56.0 Å². The van der Waals surface area contributed by atoms with Crippen molar-refractivity contribution in [1.82, 2.24) is 10.2 Å². The van der Waals surface area contributed by atoms with E-state index in [9.17, 15) is 4.79 Å². The molecule has 2 rings (SSSR count). The summed E-state index contributed by atoms with van der Waals surface area (Å²) in [4.78, 5) is 14.2. The summed E-state index contributed by atoms with van der Waals surface area (Å²) in [5.41, 5.74) is 1.19. The van der Waals surface area contributed by atoms with Crippen LogP contribution in [0.15, 0.2) is 16.8 Å². The molecule has 5 heteroatoms. The van der Waals surface area contributed by atoms with Crippen LogP contribution in [0, 0.1) is 0 Å². The van der Waals surface area contributed by atoms with Crippen LogP contribution >= 0.6 is 11.3 Å². The highest BCUT2D eigenvalue weighted by molar-refractivity contribution is 7.07. The Hall–Kier alpha value is -0.910. The summed E-state index contributed by atoms with van der Waals surface area (Å²) in [7, 11) is 0. The van der Waals surface area contributed by atoms with Gasteiger partial charge in [-0.1, -0.05) is 0 Å². The van der Waals surface area contributed by atoms with E-state index < -0.39 is 0 Å². The van der Waals surface area contributed by atoms with Gasteiger partial charge < -0.3 is 9.64 Å². The number of thiophene rings is 1. The second kappa shape index (κ2) is 7.20.